The van der Waals surface area contributed by atoms with Crippen LogP contribution in [0, 0.1) is 0 Å². The molecule has 0 N–H and O–H groups in total. The zero-order valence-corrected chi connectivity index (χ0v) is 17.5. The number of aryl methyl sites for hydroxylation is 2. The van der Waals surface area contributed by atoms with Crippen LogP contribution in [-0.4, -0.2) is 18.1 Å². The summed E-state index contributed by atoms with van der Waals surface area (Å²) in [5.41, 5.74) is 3.04. The van der Waals surface area contributed by atoms with E-state index in [-0.39, 0.29) is 0 Å². The Morgan fingerprint density at radius 2 is 1.50 bits per heavy atom. The molecule has 1 aromatic carbocycles. The average molecular weight is 375 g/mol. The van der Waals surface area contributed by atoms with Gasteiger partial charge in [0.25, 0.3) is 0 Å². The third-order valence-electron chi connectivity index (χ3n) is 5.26. The molecule has 0 aliphatic heterocycles. The topological polar surface area (TPSA) is 9.23 Å². The van der Waals surface area contributed by atoms with Crippen molar-refractivity contribution in [1.82, 2.24) is 0 Å². The maximum Gasteiger partial charge on any atom is 0.119 e. The van der Waals surface area contributed by atoms with E-state index >= 15 is 0 Å². The van der Waals surface area contributed by atoms with Crippen molar-refractivity contribution in [2.45, 2.75) is 83.5 Å². The number of unbranched alkanes of at least 4 members (excludes halogenated alkanes) is 9. The van der Waals surface area contributed by atoms with Crippen molar-refractivity contribution in [2.75, 3.05) is 18.1 Å². The number of rotatable bonds is 16. The van der Waals surface area contributed by atoms with Crippen molar-refractivity contribution < 1.29 is 4.74 Å². The first-order valence-corrected chi connectivity index (χ1v) is 12.0. The Morgan fingerprint density at radius 1 is 0.846 bits per heavy atom. The first-order chi connectivity index (χ1) is 12.9. The molecule has 0 radical (unpaired) electrons. The number of hydrogen-bond acceptors (Lipinski definition) is 2. The minimum atomic E-state index is 0.878. The number of thioether (sulfide) groups is 1. The van der Waals surface area contributed by atoms with Crippen molar-refractivity contribution in [1.29, 1.82) is 0 Å². The van der Waals surface area contributed by atoms with Gasteiger partial charge in [-0.1, -0.05) is 63.5 Å². The van der Waals surface area contributed by atoms with Crippen LogP contribution in [0.15, 0.2) is 30.9 Å². The minimum absolute atomic E-state index is 0.878. The normalized spacial score (nSPS) is 12.9. The van der Waals surface area contributed by atoms with Gasteiger partial charge in [-0.3, -0.25) is 0 Å². The number of benzene rings is 1. The van der Waals surface area contributed by atoms with Crippen LogP contribution in [0.25, 0.3) is 0 Å². The third-order valence-corrected chi connectivity index (χ3v) is 6.31. The van der Waals surface area contributed by atoms with E-state index < -0.39 is 0 Å². The highest BCUT2D eigenvalue weighted by Crippen LogP contribution is 2.26. The Balaban J connectivity index is 1.33. The Kier molecular flexibility index (Phi) is 11.7. The van der Waals surface area contributed by atoms with E-state index in [0.717, 1.165) is 18.1 Å². The summed E-state index contributed by atoms with van der Waals surface area (Å²) in [4.78, 5) is 0. The van der Waals surface area contributed by atoms with E-state index in [0.29, 0.717) is 0 Å². The van der Waals surface area contributed by atoms with Crippen LogP contribution in [0.1, 0.15) is 81.8 Å². The Labute approximate surface area is 166 Å². The highest BCUT2D eigenvalue weighted by Gasteiger charge is 2.10. The van der Waals surface area contributed by atoms with Crippen LogP contribution >= 0.6 is 11.8 Å². The smallest absolute Gasteiger partial charge is 0.119 e. The fraction of sp³-hybridized carbons (Fsp3) is 0.667. The molecule has 2 rings (SSSR count). The van der Waals surface area contributed by atoms with E-state index in [1.54, 1.807) is 0 Å². The molecule has 1 aliphatic carbocycles. The van der Waals surface area contributed by atoms with Gasteiger partial charge in [-0.15, -0.1) is 6.58 Å². The van der Waals surface area contributed by atoms with E-state index in [4.69, 9.17) is 4.74 Å². The second-order valence-electron chi connectivity index (χ2n) is 7.53. The molecule has 0 heterocycles. The van der Waals surface area contributed by atoms with E-state index in [1.165, 1.54) is 100 Å². The number of fused-ring (bicyclic) bond motifs is 1. The molecule has 0 unspecified atom stereocenters. The maximum absolute atomic E-state index is 5.93. The van der Waals surface area contributed by atoms with Crippen molar-refractivity contribution in [3.63, 3.8) is 0 Å². The van der Waals surface area contributed by atoms with Gasteiger partial charge in [0.1, 0.15) is 5.75 Å². The summed E-state index contributed by atoms with van der Waals surface area (Å²) in [6.07, 6.45) is 19.5. The van der Waals surface area contributed by atoms with E-state index in [1.807, 2.05) is 17.8 Å². The lowest BCUT2D eigenvalue weighted by Gasteiger charge is -2.08. The van der Waals surface area contributed by atoms with Crippen molar-refractivity contribution in [3.8, 4) is 5.75 Å². The fourth-order valence-corrected chi connectivity index (χ4v) is 4.46. The standard InChI is InChI=1S/C24H38OS/c1-2-19-26-20-12-10-8-6-4-3-5-7-9-11-18-25-24-17-16-22-14-13-15-23(22)21-24/h2,16-17,21H,1,3-15,18-20H2. The van der Waals surface area contributed by atoms with Gasteiger partial charge < -0.3 is 4.74 Å². The van der Waals surface area contributed by atoms with E-state index in [2.05, 4.69) is 24.8 Å². The molecule has 0 fully saturated rings. The summed E-state index contributed by atoms with van der Waals surface area (Å²) in [5.74, 6) is 3.49. The molecular weight excluding hydrogens is 336 g/mol. The molecule has 1 aromatic rings. The first-order valence-electron chi connectivity index (χ1n) is 10.8. The summed E-state index contributed by atoms with van der Waals surface area (Å²) in [6, 6.07) is 6.68. The lowest BCUT2D eigenvalue weighted by Crippen LogP contribution is -1.98. The Hall–Kier alpha value is -0.890. The molecule has 0 atom stereocenters. The van der Waals surface area contributed by atoms with Gasteiger partial charge in [0.15, 0.2) is 0 Å². The van der Waals surface area contributed by atoms with Crippen LogP contribution in [0.3, 0.4) is 0 Å². The van der Waals surface area contributed by atoms with Gasteiger partial charge >= 0.3 is 0 Å². The zero-order chi connectivity index (χ0) is 18.3. The molecule has 1 aliphatic rings. The third kappa shape index (κ3) is 9.16. The van der Waals surface area contributed by atoms with Crippen LogP contribution in [-0.2, 0) is 12.8 Å². The second kappa shape index (κ2) is 14.2. The molecule has 0 spiro atoms. The average Bonchev–Trinajstić information content (AvgIpc) is 3.12. The van der Waals surface area contributed by atoms with Crippen molar-refractivity contribution in [2.24, 2.45) is 0 Å². The summed E-state index contributed by atoms with van der Waals surface area (Å²) < 4.78 is 5.93. The quantitative estimate of drug-likeness (QED) is 0.220. The highest BCUT2D eigenvalue weighted by molar-refractivity contribution is 7.99. The van der Waals surface area contributed by atoms with Gasteiger partial charge in [-0.25, -0.2) is 0 Å². The van der Waals surface area contributed by atoms with Crippen LogP contribution in [0.5, 0.6) is 5.75 Å². The molecule has 0 aromatic heterocycles. The van der Waals surface area contributed by atoms with Gasteiger partial charge in [0.2, 0.25) is 0 Å². The monoisotopic (exact) mass is 374 g/mol. The summed E-state index contributed by atoms with van der Waals surface area (Å²) in [6.45, 7) is 4.63. The van der Waals surface area contributed by atoms with Gasteiger partial charge in [0, 0.05) is 5.75 Å². The van der Waals surface area contributed by atoms with Crippen molar-refractivity contribution >= 4 is 11.8 Å². The Morgan fingerprint density at radius 3 is 2.23 bits per heavy atom. The van der Waals surface area contributed by atoms with Gasteiger partial charge in [-0.05, 0) is 61.1 Å². The lowest BCUT2D eigenvalue weighted by molar-refractivity contribution is 0.304. The van der Waals surface area contributed by atoms with Crippen molar-refractivity contribution in [3.05, 3.63) is 42.0 Å². The fourth-order valence-electron chi connectivity index (χ4n) is 3.72. The minimum Gasteiger partial charge on any atom is -0.494 e. The molecule has 0 saturated carbocycles. The molecule has 26 heavy (non-hydrogen) atoms. The largest absolute Gasteiger partial charge is 0.494 e. The summed E-state index contributed by atoms with van der Waals surface area (Å²) in [7, 11) is 0. The Bertz CT molecular complexity index is 497. The second-order valence-corrected chi connectivity index (χ2v) is 8.68. The molecule has 1 nitrogen and oxygen atoms in total. The molecule has 0 bridgehead atoms. The van der Waals surface area contributed by atoms with Gasteiger partial charge in [0.05, 0.1) is 6.61 Å². The number of ether oxygens (including phenoxy) is 1. The maximum atomic E-state index is 5.93. The number of hydrogen-bond donors (Lipinski definition) is 0. The van der Waals surface area contributed by atoms with Gasteiger partial charge in [-0.2, -0.15) is 11.8 Å². The SMILES string of the molecule is C=CCSCCCCCCCCCCCCOc1ccc2c(c1)CCC2. The molecule has 146 valence electrons. The molecule has 2 heteroatoms. The molecule has 0 saturated heterocycles. The van der Waals surface area contributed by atoms with E-state index in [9.17, 15) is 0 Å². The van der Waals surface area contributed by atoms with Crippen LogP contribution < -0.4 is 4.74 Å². The molecular formula is C24H38OS. The van der Waals surface area contributed by atoms with Crippen LogP contribution in [0.2, 0.25) is 0 Å². The summed E-state index contributed by atoms with van der Waals surface area (Å²) >= 11 is 2.01. The highest BCUT2D eigenvalue weighted by atomic mass is 32.2. The molecule has 0 amide bonds. The first kappa shape index (κ1) is 21.4. The summed E-state index contributed by atoms with van der Waals surface area (Å²) in [5, 5.41) is 0. The van der Waals surface area contributed by atoms with Crippen LogP contribution in [0.4, 0.5) is 0 Å². The lowest BCUT2D eigenvalue weighted by atomic mass is 10.1. The zero-order valence-electron chi connectivity index (χ0n) is 16.6. The predicted molar refractivity (Wildman–Crippen MR) is 118 cm³/mol. The predicted octanol–water partition coefficient (Wildman–Crippen LogP) is 7.37.